The van der Waals surface area contributed by atoms with Crippen LogP contribution in [0.3, 0.4) is 0 Å². The minimum atomic E-state index is -0.394. The average molecular weight is 497 g/mol. The number of nitrogens with zero attached hydrogens (tertiary/aromatic N) is 3. The first kappa shape index (κ1) is 22.9. The molecule has 3 heterocycles. The maximum Gasteiger partial charge on any atom is 0.254 e. The van der Waals surface area contributed by atoms with Crippen molar-refractivity contribution < 1.29 is 14.0 Å². The van der Waals surface area contributed by atoms with E-state index in [1.807, 2.05) is 37.3 Å². The van der Waals surface area contributed by atoms with Crippen molar-refractivity contribution in [3.63, 3.8) is 0 Å². The fraction of sp³-hybridized carbons (Fsp3) is 0.214. The van der Waals surface area contributed by atoms with Gasteiger partial charge in [0.2, 0.25) is 5.91 Å². The molecule has 2 fully saturated rings. The SMILES string of the molecule is Cc1ccccc1-c1cc(F)ccc1CNc1cc(NC2CC2)n2ncc(/C=C3\CC(=O)NC3=O)c2n1. The normalized spacial score (nSPS) is 16.4. The summed E-state index contributed by atoms with van der Waals surface area (Å²) in [6, 6.07) is 15.0. The summed E-state index contributed by atoms with van der Waals surface area (Å²) in [6.07, 6.45) is 5.51. The molecule has 1 saturated heterocycles. The second-order valence-electron chi connectivity index (χ2n) is 9.47. The summed E-state index contributed by atoms with van der Waals surface area (Å²) in [6.45, 7) is 2.44. The van der Waals surface area contributed by atoms with Crippen molar-refractivity contribution in [1.29, 1.82) is 0 Å². The van der Waals surface area contributed by atoms with Crippen LogP contribution in [0.5, 0.6) is 0 Å². The number of rotatable bonds is 7. The molecule has 0 bridgehead atoms. The zero-order valence-corrected chi connectivity index (χ0v) is 20.2. The van der Waals surface area contributed by atoms with E-state index in [4.69, 9.17) is 4.98 Å². The number of aryl methyl sites for hydroxylation is 1. The van der Waals surface area contributed by atoms with Crippen molar-refractivity contribution >= 4 is 35.2 Å². The molecule has 37 heavy (non-hydrogen) atoms. The third-order valence-electron chi connectivity index (χ3n) is 6.62. The molecule has 8 nitrogen and oxygen atoms in total. The van der Waals surface area contributed by atoms with Crippen molar-refractivity contribution in [2.24, 2.45) is 0 Å². The van der Waals surface area contributed by atoms with Crippen molar-refractivity contribution in [1.82, 2.24) is 19.9 Å². The van der Waals surface area contributed by atoms with Crippen LogP contribution in [0.25, 0.3) is 22.9 Å². The zero-order valence-electron chi connectivity index (χ0n) is 20.2. The summed E-state index contributed by atoms with van der Waals surface area (Å²) < 4.78 is 15.9. The van der Waals surface area contributed by atoms with E-state index >= 15 is 0 Å². The lowest BCUT2D eigenvalue weighted by atomic mass is 9.96. The molecule has 4 aromatic rings. The van der Waals surface area contributed by atoms with Crippen LogP contribution in [0, 0.1) is 12.7 Å². The molecule has 0 unspecified atom stereocenters. The van der Waals surface area contributed by atoms with Crippen LogP contribution in [-0.4, -0.2) is 32.5 Å². The van der Waals surface area contributed by atoms with Crippen LogP contribution in [0.15, 0.2) is 60.3 Å². The first-order chi connectivity index (χ1) is 17.9. The van der Waals surface area contributed by atoms with Gasteiger partial charge in [-0.2, -0.15) is 9.61 Å². The summed E-state index contributed by atoms with van der Waals surface area (Å²) >= 11 is 0. The van der Waals surface area contributed by atoms with Crippen molar-refractivity contribution in [3.05, 3.63) is 82.8 Å². The fourth-order valence-corrected chi connectivity index (χ4v) is 4.53. The molecule has 2 aromatic carbocycles. The summed E-state index contributed by atoms with van der Waals surface area (Å²) in [5, 5.41) is 13.7. The Morgan fingerprint density at radius 3 is 2.73 bits per heavy atom. The molecule has 0 spiro atoms. The first-order valence-electron chi connectivity index (χ1n) is 12.2. The van der Waals surface area contributed by atoms with E-state index in [0.717, 1.165) is 40.9 Å². The van der Waals surface area contributed by atoms with E-state index in [9.17, 15) is 14.0 Å². The van der Waals surface area contributed by atoms with Crippen LogP contribution >= 0.6 is 0 Å². The number of amides is 2. The molecule has 3 N–H and O–H groups in total. The molecule has 6 rings (SSSR count). The standard InChI is InChI=1S/C28H25FN6O2/c1-16-4-2-3-5-22(16)23-12-20(29)7-6-17(23)14-30-24-13-25(32-21-8-9-21)35-27(33-24)19(15-31-35)10-18-11-26(36)34-28(18)37/h2-7,10,12-13,15,21,32H,8-9,11,14H2,1H3,(H,30,33)(H,34,36,37)/b18-10+. The van der Waals surface area contributed by atoms with Gasteiger partial charge in [0.25, 0.3) is 5.91 Å². The van der Waals surface area contributed by atoms with E-state index < -0.39 is 5.91 Å². The Morgan fingerprint density at radius 1 is 1.14 bits per heavy atom. The lowest BCUT2D eigenvalue weighted by Gasteiger charge is -2.15. The van der Waals surface area contributed by atoms with Crippen LogP contribution in [-0.2, 0) is 16.1 Å². The fourth-order valence-electron chi connectivity index (χ4n) is 4.53. The number of fused-ring (bicyclic) bond motifs is 1. The van der Waals surface area contributed by atoms with Crippen molar-refractivity contribution in [2.75, 3.05) is 10.6 Å². The summed E-state index contributed by atoms with van der Waals surface area (Å²) in [5.74, 6) is 0.398. The topological polar surface area (TPSA) is 100 Å². The van der Waals surface area contributed by atoms with Gasteiger partial charge in [-0.15, -0.1) is 0 Å². The number of benzene rings is 2. The van der Waals surface area contributed by atoms with Crippen LogP contribution in [0.4, 0.5) is 16.0 Å². The molecule has 9 heteroatoms. The molecule has 0 atom stereocenters. The minimum absolute atomic E-state index is 0.0353. The van der Waals surface area contributed by atoms with Gasteiger partial charge in [-0.25, -0.2) is 9.37 Å². The van der Waals surface area contributed by atoms with E-state index in [0.29, 0.717) is 35.2 Å². The highest BCUT2D eigenvalue weighted by molar-refractivity contribution is 6.15. The highest BCUT2D eigenvalue weighted by Crippen LogP contribution is 2.30. The van der Waals surface area contributed by atoms with Crippen molar-refractivity contribution in [2.45, 2.75) is 38.8 Å². The van der Waals surface area contributed by atoms with Crippen LogP contribution < -0.4 is 16.0 Å². The summed E-state index contributed by atoms with van der Waals surface area (Å²) in [5.41, 5.74) is 5.39. The summed E-state index contributed by atoms with van der Waals surface area (Å²) in [4.78, 5) is 28.5. The molecule has 1 aliphatic heterocycles. The Morgan fingerprint density at radius 2 is 1.97 bits per heavy atom. The van der Waals surface area contributed by atoms with Gasteiger partial charge in [-0.3, -0.25) is 14.9 Å². The minimum Gasteiger partial charge on any atom is -0.367 e. The summed E-state index contributed by atoms with van der Waals surface area (Å²) in [7, 11) is 0. The Bertz CT molecular complexity index is 1590. The number of carbonyl (C=O) groups excluding carboxylic acids is 2. The quantitative estimate of drug-likeness (QED) is 0.258. The predicted octanol–water partition coefficient (Wildman–Crippen LogP) is 4.46. The number of halogens is 1. The Balaban J connectivity index is 1.36. The lowest BCUT2D eigenvalue weighted by Crippen LogP contribution is -2.19. The van der Waals surface area contributed by atoms with Crippen LogP contribution in [0.1, 0.15) is 36.0 Å². The zero-order chi connectivity index (χ0) is 25.5. The first-order valence-corrected chi connectivity index (χ1v) is 12.2. The van der Waals surface area contributed by atoms with E-state index in [1.54, 1.807) is 28.9 Å². The van der Waals surface area contributed by atoms with E-state index in [1.165, 1.54) is 6.07 Å². The number of aromatic nitrogens is 3. The number of anilines is 2. The molecule has 186 valence electrons. The van der Waals surface area contributed by atoms with Gasteiger partial charge >= 0.3 is 0 Å². The maximum absolute atomic E-state index is 14.2. The number of nitrogens with one attached hydrogen (secondary N) is 3. The lowest BCUT2D eigenvalue weighted by molar-refractivity contribution is -0.124. The number of imide groups is 1. The Labute approximate surface area is 212 Å². The molecule has 2 aliphatic rings. The highest BCUT2D eigenvalue weighted by Gasteiger charge is 2.26. The smallest absolute Gasteiger partial charge is 0.254 e. The second-order valence-corrected chi connectivity index (χ2v) is 9.47. The molecule has 2 aromatic heterocycles. The van der Waals surface area contributed by atoms with Gasteiger partial charge in [0, 0.05) is 29.8 Å². The number of hydrogen-bond donors (Lipinski definition) is 3. The maximum atomic E-state index is 14.2. The third-order valence-corrected chi connectivity index (χ3v) is 6.62. The molecular formula is C28H25FN6O2. The number of hydrogen-bond acceptors (Lipinski definition) is 6. The molecular weight excluding hydrogens is 471 g/mol. The van der Waals surface area contributed by atoms with Crippen LogP contribution in [0.2, 0.25) is 0 Å². The average Bonchev–Trinajstić information content (AvgIpc) is 3.51. The monoisotopic (exact) mass is 496 g/mol. The molecule has 0 radical (unpaired) electrons. The van der Waals surface area contributed by atoms with E-state index in [2.05, 4.69) is 21.0 Å². The highest BCUT2D eigenvalue weighted by atomic mass is 19.1. The van der Waals surface area contributed by atoms with Gasteiger partial charge in [0.05, 0.1) is 12.6 Å². The molecule has 2 amide bonds. The van der Waals surface area contributed by atoms with Gasteiger partial charge in [-0.05, 0) is 60.2 Å². The number of carbonyl (C=O) groups is 2. The van der Waals surface area contributed by atoms with Gasteiger partial charge < -0.3 is 10.6 Å². The third kappa shape index (κ3) is 4.67. The Kier molecular flexibility index (Phi) is 5.67. The second kappa shape index (κ2) is 9.16. The predicted molar refractivity (Wildman–Crippen MR) is 139 cm³/mol. The van der Waals surface area contributed by atoms with Gasteiger partial charge in [-0.1, -0.05) is 30.3 Å². The largest absolute Gasteiger partial charge is 0.367 e. The van der Waals surface area contributed by atoms with Gasteiger partial charge in [0.15, 0.2) is 5.65 Å². The molecule has 1 saturated carbocycles. The molecule has 1 aliphatic carbocycles. The van der Waals surface area contributed by atoms with E-state index in [-0.39, 0.29) is 18.1 Å². The Hall–Kier alpha value is -4.53. The van der Waals surface area contributed by atoms with Gasteiger partial charge in [0.1, 0.15) is 17.5 Å². The van der Waals surface area contributed by atoms with Crippen molar-refractivity contribution in [3.8, 4) is 11.1 Å².